The van der Waals surface area contributed by atoms with Crippen LogP contribution in [0.15, 0.2) is 102 Å². The van der Waals surface area contributed by atoms with Gasteiger partial charge >= 0.3 is 0 Å². The quantitative estimate of drug-likeness (QED) is 0.236. The molecule has 0 aliphatic rings. The maximum Gasteiger partial charge on any atom is 0.294 e. The van der Waals surface area contributed by atoms with Crippen molar-refractivity contribution < 1.29 is 27.6 Å². The molecule has 1 unspecified atom stereocenters. The summed E-state index contributed by atoms with van der Waals surface area (Å²) in [7, 11) is -0.160. The van der Waals surface area contributed by atoms with Crippen LogP contribution in [-0.4, -0.2) is 32.3 Å². The van der Waals surface area contributed by atoms with Crippen molar-refractivity contribution in [2.24, 2.45) is 0 Å². The van der Waals surface area contributed by atoms with E-state index in [1.54, 1.807) is 14.2 Å². The summed E-state index contributed by atoms with van der Waals surface area (Å²) in [5.41, 5.74) is 3.31. The minimum absolute atomic E-state index is 0.187. The summed E-state index contributed by atoms with van der Waals surface area (Å²) >= 11 is 0. The van der Waals surface area contributed by atoms with E-state index >= 15 is 0 Å². The molecule has 2 N–H and O–H groups in total. The number of methoxy groups -OCH3 is 2. The Morgan fingerprint density at radius 2 is 1.25 bits per heavy atom. The lowest BCUT2D eigenvalue weighted by atomic mass is 10.0. The molecule has 1 atom stereocenters. The molecule has 0 saturated heterocycles. The summed E-state index contributed by atoms with van der Waals surface area (Å²) in [6.45, 7) is 1.53. The summed E-state index contributed by atoms with van der Waals surface area (Å²) in [5.74, 6) is 1.58. The maximum absolute atomic E-state index is 10.7. The second-order valence-corrected chi connectivity index (χ2v) is 10.7. The summed E-state index contributed by atoms with van der Waals surface area (Å²) < 4.78 is 40.5. The largest absolute Gasteiger partial charge is 0.508 e. The average molecular weight is 525 g/mol. The summed E-state index contributed by atoms with van der Waals surface area (Å²) in [4.78, 5) is -0.262. The predicted octanol–water partition coefficient (Wildman–Crippen LogP) is 5.74. The van der Waals surface area contributed by atoms with Gasteiger partial charge in [-0.15, -0.1) is 0 Å². The van der Waals surface area contributed by atoms with E-state index in [4.69, 9.17) is 19.1 Å². The molecule has 0 saturated carbocycles. The molecule has 36 heavy (non-hydrogen) atoms. The van der Waals surface area contributed by atoms with Gasteiger partial charge in [-0.2, -0.15) is 8.42 Å². The molecule has 0 heterocycles. The van der Waals surface area contributed by atoms with Gasteiger partial charge in [0.15, 0.2) is 0 Å². The first-order chi connectivity index (χ1) is 17.2. The van der Waals surface area contributed by atoms with E-state index in [1.165, 1.54) is 35.5 Å². The molecule has 0 fully saturated rings. The fraction of sp³-hybridized carbons (Fsp3) is 0.143. The van der Waals surface area contributed by atoms with Crippen molar-refractivity contribution in [3.05, 3.63) is 114 Å². The normalized spacial score (nSPS) is 11.2. The van der Waals surface area contributed by atoms with Crippen molar-refractivity contribution >= 4 is 24.0 Å². The van der Waals surface area contributed by atoms with Gasteiger partial charge in [-0.3, -0.25) is 4.55 Å². The summed E-state index contributed by atoms with van der Waals surface area (Å²) in [5, 5.41) is 10.3. The zero-order valence-corrected chi connectivity index (χ0v) is 22.1. The lowest BCUT2D eigenvalue weighted by Gasteiger charge is -2.19. The minimum atomic E-state index is -4.22. The lowest BCUT2D eigenvalue weighted by Crippen LogP contribution is -2.02. The van der Waals surface area contributed by atoms with Gasteiger partial charge in [-0.1, -0.05) is 69.2 Å². The molecule has 0 spiro atoms. The topological polar surface area (TPSA) is 93.1 Å². The fourth-order valence-electron chi connectivity index (χ4n) is 3.52. The molecule has 188 valence electrons. The molecule has 4 aromatic carbocycles. The fourth-order valence-corrected chi connectivity index (χ4v) is 5.70. The number of aromatic hydroxyl groups is 1. The third-order valence-electron chi connectivity index (χ3n) is 5.43. The van der Waals surface area contributed by atoms with Crippen molar-refractivity contribution in [3.8, 4) is 17.2 Å². The Labute approximate surface area is 214 Å². The van der Waals surface area contributed by atoms with E-state index < -0.39 is 10.1 Å². The molecule has 4 aromatic rings. The molecule has 0 aliphatic carbocycles. The smallest absolute Gasteiger partial charge is 0.294 e. The van der Waals surface area contributed by atoms with Crippen molar-refractivity contribution in [3.63, 3.8) is 0 Å². The number of ether oxygens (including phenoxy) is 2. The molecule has 0 amide bonds. The highest BCUT2D eigenvalue weighted by molar-refractivity contribution is 7.85. The van der Waals surface area contributed by atoms with Crippen LogP contribution in [0.3, 0.4) is 0 Å². The zero-order valence-electron chi connectivity index (χ0n) is 20.3. The van der Waals surface area contributed by atoms with Gasteiger partial charge in [0.25, 0.3) is 10.1 Å². The van der Waals surface area contributed by atoms with Crippen LogP contribution in [0, 0.1) is 6.92 Å². The van der Waals surface area contributed by atoms with Gasteiger partial charge in [0.1, 0.15) is 22.1 Å². The highest BCUT2D eigenvalue weighted by Gasteiger charge is 2.16. The van der Waals surface area contributed by atoms with Crippen molar-refractivity contribution in [2.75, 3.05) is 14.2 Å². The predicted molar refractivity (Wildman–Crippen MR) is 145 cm³/mol. The number of phenols is 1. The molecule has 0 bridgehead atoms. The van der Waals surface area contributed by atoms with Crippen LogP contribution in [0.4, 0.5) is 0 Å². The van der Waals surface area contributed by atoms with E-state index in [0.29, 0.717) is 19.8 Å². The first-order valence-corrected chi connectivity index (χ1v) is 13.6. The second kappa shape index (κ2) is 12.5. The number of benzene rings is 4. The molecule has 0 radical (unpaired) electrons. The number of phenolic OH excluding ortho intramolecular Hbond substituents is 1. The molecule has 4 rings (SSSR count). The second-order valence-electron chi connectivity index (χ2n) is 7.91. The van der Waals surface area contributed by atoms with Gasteiger partial charge < -0.3 is 14.6 Å². The summed E-state index contributed by atoms with van der Waals surface area (Å²) in [6.07, 6.45) is 0. The Bertz CT molecular complexity index is 1310. The van der Waals surface area contributed by atoms with Crippen LogP contribution >= 0.6 is 8.58 Å². The Morgan fingerprint density at radius 1 is 0.750 bits per heavy atom. The van der Waals surface area contributed by atoms with Gasteiger partial charge in [0.05, 0.1) is 14.2 Å². The zero-order chi connectivity index (χ0) is 26.1. The standard InChI is InChI=1S/C21H21O2P.C7H8O4S/c1-22-18-12-8-16(9-13-18)21(24-20-6-4-3-5-7-20)17-10-14-19(23-2)15-11-17;1-5-2-3-6(8)4-7(5)12(9,10)11/h3-15,21,24H,1-2H3;2-4,8H,1H3,(H,9,10,11). The number of hydrogen-bond acceptors (Lipinski definition) is 5. The minimum Gasteiger partial charge on any atom is -0.508 e. The molecular formula is C28H29O6PS. The number of rotatable bonds is 7. The van der Waals surface area contributed by atoms with Crippen LogP contribution in [-0.2, 0) is 10.1 Å². The average Bonchev–Trinajstić information content (AvgIpc) is 2.89. The van der Waals surface area contributed by atoms with Gasteiger partial charge in [-0.05, 0) is 59.3 Å². The third-order valence-corrected chi connectivity index (χ3v) is 8.05. The van der Waals surface area contributed by atoms with E-state index in [0.717, 1.165) is 17.6 Å². The molecular weight excluding hydrogens is 495 g/mol. The van der Waals surface area contributed by atoms with Crippen molar-refractivity contribution in [1.29, 1.82) is 0 Å². The van der Waals surface area contributed by atoms with Crippen LogP contribution < -0.4 is 14.8 Å². The van der Waals surface area contributed by atoms with Gasteiger partial charge in [0.2, 0.25) is 0 Å². The first kappa shape index (κ1) is 27.2. The third kappa shape index (κ3) is 7.56. The van der Waals surface area contributed by atoms with E-state index in [9.17, 15) is 8.42 Å². The Morgan fingerprint density at radius 3 is 1.67 bits per heavy atom. The van der Waals surface area contributed by atoms with Crippen LogP contribution in [0.5, 0.6) is 17.2 Å². The highest BCUT2D eigenvalue weighted by Crippen LogP contribution is 2.40. The lowest BCUT2D eigenvalue weighted by molar-refractivity contribution is 0.414. The molecule has 0 aliphatic heterocycles. The number of hydrogen-bond donors (Lipinski definition) is 2. The van der Waals surface area contributed by atoms with Gasteiger partial charge in [-0.25, -0.2) is 0 Å². The molecule has 8 heteroatoms. The monoisotopic (exact) mass is 524 g/mol. The van der Waals surface area contributed by atoms with Crippen molar-refractivity contribution in [1.82, 2.24) is 0 Å². The van der Waals surface area contributed by atoms with E-state index in [-0.39, 0.29) is 10.6 Å². The Kier molecular flexibility index (Phi) is 9.48. The van der Waals surface area contributed by atoms with Crippen LogP contribution in [0.2, 0.25) is 0 Å². The van der Waals surface area contributed by atoms with E-state index in [2.05, 4.69) is 54.6 Å². The Hall–Kier alpha value is -3.38. The molecule has 6 nitrogen and oxygen atoms in total. The number of aryl methyl sites for hydroxylation is 1. The first-order valence-electron chi connectivity index (χ1n) is 11.1. The van der Waals surface area contributed by atoms with Gasteiger partial charge in [0, 0.05) is 11.7 Å². The molecule has 0 aromatic heterocycles. The SMILES string of the molecule is COc1ccc(C(Pc2ccccc2)c2ccc(OC)cc2)cc1.Cc1ccc(O)cc1S(=O)(=O)O. The maximum atomic E-state index is 10.7. The summed E-state index contributed by atoms with van der Waals surface area (Å²) in [6, 6.07) is 31.2. The van der Waals surface area contributed by atoms with E-state index in [1.807, 2.05) is 24.3 Å². The highest BCUT2D eigenvalue weighted by atomic mass is 32.2. The van der Waals surface area contributed by atoms with Crippen LogP contribution in [0.25, 0.3) is 0 Å². The van der Waals surface area contributed by atoms with Crippen LogP contribution in [0.1, 0.15) is 22.3 Å². The Balaban J connectivity index is 0.000000253. The van der Waals surface area contributed by atoms with Crippen molar-refractivity contribution in [2.45, 2.75) is 17.5 Å².